The first-order valence-electron chi connectivity index (χ1n) is 10.6. The number of pyridine rings is 1. The van der Waals surface area contributed by atoms with Gasteiger partial charge in [0.1, 0.15) is 0 Å². The number of aromatic nitrogens is 3. The standard InChI is InChI=1S/C26H23N5O2/c1-4-7-23(32)31(5-2)21-9-6-8-20(15-21)29-26-28-16-19-14-18(10-11-22(19)30-26)24-17(3)12-13-27-25(24)33/h6,8-16H,5H2,1-3H3,(H,27,33)(H,28,29,30). The highest BCUT2D eigenvalue weighted by atomic mass is 16.2. The molecule has 0 radical (unpaired) electrons. The van der Waals surface area contributed by atoms with Crippen LogP contribution in [-0.4, -0.2) is 27.4 Å². The van der Waals surface area contributed by atoms with Crippen molar-refractivity contribution in [3.05, 3.63) is 76.8 Å². The van der Waals surface area contributed by atoms with Crippen LogP contribution in [0, 0.1) is 18.8 Å². The van der Waals surface area contributed by atoms with E-state index in [1.54, 1.807) is 24.2 Å². The minimum absolute atomic E-state index is 0.127. The van der Waals surface area contributed by atoms with E-state index in [1.807, 2.05) is 62.4 Å². The van der Waals surface area contributed by atoms with Crippen molar-refractivity contribution in [3.8, 4) is 23.0 Å². The zero-order chi connectivity index (χ0) is 23.4. The van der Waals surface area contributed by atoms with Gasteiger partial charge in [0.05, 0.1) is 5.52 Å². The number of H-pyrrole nitrogens is 1. The summed E-state index contributed by atoms with van der Waals surface area (Å²) in [6.45, 7) is 5.97. The predicted octanol–water partition coefficient (Wildman–Crippen LogP) is 4.41. The van der Waals surface area contributed by atoms with Crippen LogP contribution in [-0.2, 0) is 4.79 Å². The number of aryl methyl sites for hydroxylation is 1. The van der Waals surface area contributed by atoms with Crippen molar-refractivity contribution in [2.75, 3.05) is 16.8 Å². The van der Waals surface area contributed by atoms with E-state index in [0.717, 1.165) is 33.4 Å². The Labute approximate surface area is 191 Å². The Morgan fingerprint density at radius 2 is 2.03 bits per heavy atom. The van der Waals surface area contributed by atoms with Gasteiger partial charge >= 0.3 is 5.91 Å². The summed E-state index contributed by atoms with van der Waals surface area (Å²) in [5.41, 5.74) is 4.48. The van der Waals surface area contributed by atoms with Crippen molar-refractivity contribution in [1.82, 2.24) is 15.0 Å². The summed E-state index contributed by atoms with van der Waals surface area (Å²) in [4.78, 5) is 37.9. The van der Waals surface area contributed by atoms with Gasteiger partial charge in [-0.05, 0) is 74.2 Å². The molecule has 2 aromatic heterocycles. The molecule has 0 unspecified atom stereocenters. The molecule has 0 saturated carbocycles. The average Bonchev–Trinajstić information content (AvgIpc) is 2.80. The maximum absolute atomic E-state index is 12.3. The molecule has 2 N–H and O–H groups in total. The number of hydrogen-bond donors (Lipinski definition) is 2. The Kier molecular flexibility index (Phi) is 6.18. The number of carbonyl (C=O) groups is 1. The lowest BCUT2D eigenvalue weighted by atomic mass is 10.0. The lowest BCUT2D eigenvalue weighted by molar-refractivity contribution is -0.113. The largest absolute Gasteiger partial charge is 0.329 e. The molecule has 4 aromatic rings. The van der Waals surface area contributed by atoms with Crippen molar-refractivity contribution in [2.24, 2.45) is 0 Å². The summed E-state index contributed by atoms with van der Waals surface area (Å²) in [6.07, 6.45) is 3.37. The first-order valence-corrected chi connectivity index (χ1v) is 10.6. The number of aromatic amines is 1. The SMILES string of the molecule is CC#CC(=O)N(CC)c1cccc(Nc2ncc3cc(-c4c(C)cc[nH]c4=O)ccc3n2)c1. The molecule has 0 spiro atoms. The molecule has 7 nitrogen and oxygen atoms in total. The second-order valence-electron chi connectivity index (χ2n) is 7.43. The van der Waals surface area contributed by atoms with Gasteiger partial charge in [-0.15, -0.1) is 0 Å². The number of benzene rings is 2. The second-order valence-corrected chi connectivity index (χ2v) is 7.43. The van der Waals surface area contributed by atoms with Crippen LogP contribution in [0.4, 0.5) is 17.3 Å². The Hall–Kier alpha value is -4.44. The summed E-state index contributed by atoms with van der Waals surface area (Å²) >= 11 is 0. The highest BCUT2D eigenvalue weighted by Gasteiger charge is 2.13. The zero-order valence-corrected chi connectivity index (χ0v) is 18.6. The summed E-state index contributed by atoms with van der Waals surface area (Å²) in [6, 6.07) is 15.0. The maximum Gasteiger partial charge on any atom is 0.302 e. The van der Waals surface area contributed by atoms with Crippen molar-refractivity contribution < 1.29 is 4.79 Å². The molecule has 0 atom stereocenters. The van der Waals surface area contributed by atoms with Gasteiger partial charge in [0.25, 0.3) is 5.56 Å². The average molecular weight is 438 g/mol. The fraction of sp³-hybridized carbons (Fsp3) is 0.154. The Balaban J connectivity index is 1.62. The van der Waals surface area contributed by atoms with Gasteiger partial charge in [-0.1, -0.05) is 18.1 Å². The first-order chi connectivity index (χ1) is 16.0. The number of nitrogens with zero attached hydrogens (tertiary/aromatic N) is 3. The molecule has 0 aliphatic rings. The van der Waals surface area contributed by atoms with E-state index in [4.69, 9.17) is 0 Å². The van der Waals surface area contributed by atoms with Gasteiger partial charge in [0.2, 0.25) is 5.95 Å². The van der Waals surface area contributed by atoms with Crippen molar-refractivity contribution in [3.63, 3.8) is 0 Å². The minimum atomic E-state index is -0.248. The Morgan fingerprint density at radius 1 is 1.18 bits per heavy atom. The number of nitrogens with one attached hydrogen (secondary N) is 2. The van der Waals surface area contributed by atoms with Gasteiger partial charge in [-0.25, -0.2) is 9.97 Å². The molecule has 0 aliphatic carbocycles. The fourth-order valence-corrected chi connectivity index (χ4v) is 3.68. The highest BCUT2D eigenvalue weighted by molar-refractivity contribution is 6.06. The quantitative estimate of drug-likeness (QED) is 0.451. The minimum Gasteiger partial charge on any atom is -0.329 e. The van der Waals surface area contributed by atoms with Gasteiger partial charge in [-0.2, -0.15) is 0 Å². The monoisotopic (exact) mass is 437 g/mol. The topological polar surface area (TPSA) is 91.0 Å². The smallest absolute Gasteiger partial charge is 0.302 e. The van der Waals surface area contributed by atoms with E-state index in [9.17, 15) is 9.59 Å². The lowest BCUT2D eigenvalue weighted by Gasteiger charge is -2.19. The van der Waals surface area contributed by atoms with Crippen molar-refractivity contribution >= 4 is 34.1 Å². The second kappa shape index (κ2) is 9.37. The predicted molar refractivity (Wildman–Crippen MR) is 132 cm³/mol. The van der Waals surface area contributed by atoms with Gasteiger partial charge in [-0.3, -0.25) is 9.59 Å². The third-order valence-corrected chi connectivity index (χ3v) is 5.24. The van der Waals surface area contributed by atoms with Crippen LogP contribution in [0.2, 0.25) is 0 Å². The number of hydrogen-bond acceptors (Lipinski definition) is 5. The first kappa shape index (κ1) is 21.8. The van der Waals surface area contributed by atoms with Gasteiger partial charge in [0.15, 0.2) is 0 Å². The molecule has 2 heterocycles. The van der Waals surface area contributed by atoms with Crippen molar-refractivity contribution in [1.29, 1.82) is 0 Å². The van der Waals surface area contributed by atoms with E-state index in [1.165, 1.54) is 0 Å². The lowest BCUT2D eigenvalue weighted by Crippen LogP contribution is -2.29. The van der Waals surface area contributed by atoms with E-state index in [0.29, 0.717) is 18.1 Å². The molecule has 0 saturated heterocycles. The summed E-state index contributed by atoms with van der Waals surface area (Å²) in [5, 5.41) is 4.03. The van der Waals surface area contributed by atoms with Gasteiger partial charge in [0, 0.05) is 41.3 Å². The van der Waals surface area contributed by atoms with Crippen LogP contribution in [0.3, 0.4) is 0 Å². The van der Waals surface area contributed by atoms with Crippen LogP contribution in [0.5, 0.6) is 0 Å². The molecule has 0 aliphatic heterocycles. The Bertz CT molecular complexity index is 1460. The Morgan fingerprint density at radius 3 is 2.79 bits per heavy atom. The normalized spacial score (nSPS) is 10.4. The third-order valence-electron chi connectivity index (χ3n) is 5.24. The molecular formula is C26H23N5O2. The molecule has 0 bridgehead atoms. The summed E-state index contributed by atoms with van der Waals surface area (Å²) < 4.78 is 0. The zero-order valence-electron chi connectivity index (χ0n) is 18.6. The number of amides is 1. The maximum atomic E-state index is 12.3. The number of anilines is 3. The fourth-order valence-electron chi connectivity index (χ4n) is 3.68. The van der Waals surface area contributed by atoms with Gasteiger partial charge < -0.3 is 15.2 Å². The van der Waals surface area contributed by atoms with Crippen LogP contribution in [0.1, 0.15) is 19.4 Å². The van der Waals surface area contributed by atoms with Crippen LogP contribution < -0.4 is 15.8 Å². The van der Waals surface area contributed by atoms with Crippen molar-refractivity contribution in [2.45, 2.75) is 20.8 Å². The molecular weight excluding hydrogens is 414 g/mol. The molecule has 0 fully saturated rings. The third kappa shape index (κ3) is 4.60. The summed E-state index contributed by atoms with van der Waals surface area (Å²) in [7, 11) is 0. The number of rotatable bonds is 5. The molecule has 164 valence electrons. The number of fused-ring (bicyclic) bond motifs is 1. The van der Waals surface area contributed by atoms with Crippen LogP contribution in [0.15, 0.2) is 65.7 Å². The van der Waals surface area contributed by atoms with E-state index < -0.39 is 0 Å². The van der Waals surface area contributed by atoms with E-state index in [2.05, 4.69) is 32.1 Å². The van der Waals surface area contributed by atoms with E-state index >= 15 is 0 Å². The van der Waals surface area contributed by atoms with Crippen LogP contribution >= 0.6 is 0 Å². The number of carbonyl (C=O) groups excluding carboxylic acids is 1. The molecule has 7 heteroatoms. The van der Waals surface area contributed by atoms with E-state index in [-0.39, 0.29) is 11.5 Å². The van der Waals surface area contributed by atoms with Crippen LogP contribution in [0.25, 0.3) is 22.0 Å². The summed E-state index contributed by atoms with van der Waals surface area (Å²) in [5.74, 6) is 5.41. The molecule has 2 aromatic carbocycles. The molecule has 33 heavy (non-hydrogen) atoms. The molecule has 1 amide bonds. The highest BCUT2D eigenvalue weighted by Crippen LogP contribution is 2.25. The molecule has 4 rings (SSSR count).